The van der Waals surface area contributed by atoms with E-state index in [4.69, 9.17) is 0 Å². The van der Waals surface area contributed by atoms with Crippen molar-refractivity contribution < 1.29 is 0 Å². The fourth-order valence-corrected chi connectivity index (χ4v) is 7.40. The van der Waals surface area contributed by atoms with Gasteiger partial charge in [0.05, 0.1) is 0 Å². The minimum Gasteiger partial charge on any atom is -0.148 e. The van der Waals surface area contributed by atoms with Gasteiger partial charge in [-0.15, -0.1) is 11.8 Å². The van der Waals surface area contributed by atoms with Gasteiger partial charge in [0, 0.05) is 9.49 Å². The van der Waals surface area contributed by atoms with Crippen LogP contribution in [0.3, 0.4) is 0 Å². The van der Waals surface area contributed by atoms with Crippen molar-refractivity contribution in [1.29, 1.82) is 0 Å². The lowest BCUT2D eigenvalue weighted by atomic mass is 9.32. The molecule has 2 heterocycles. The Balaban J connectivity index is 1.65. The number of hydrogen-bond donors (Lipinski definition) is 0. The molecule has 0 radical (unpaired) electrons. The maximum absolute atomic E-state index is 2.49. The molecule has 0 aromatic heterocycles. The summed E-state index contributed by atoms with van der Waals surface area (Å²) in [6.45, 7) is 4.97. The minimum absolute atomic E-state index is 0.719. The third-order valence-electron chi connectivity index (χ3n) is 5.42. The zero-order valence-corrected chi connectivity index (χ0v) is 9.47. The van der Waals surface area contributed by atoms with Crippen LogP contribution in [-0.2, 0) is 0 Å². The van der Waals surface area contributed by atoms with Gasteiger partial charge in [-0.05, 0) is 49.4 Å². The van der Waals surface area contributed by atoms with Crippen LogP contribution < -0.4 is 0 Å². The Morgan fingerprint density at radius 2 is 1.54 bits per heavy atom. The molecule has 2 unspecified atom stereocenters. The first-order valence-electron chi connectivity index (χ1n) is 5.69. The number of rotatable bonds is 1. The van der Waals surface area contributed by atoms with Crippen LogP contribution in [-0.4, -0.2) is 9.49 Å². The molecule has 0 nitrogen and oxygen atoms in total. The minimum atomic E-state index is 0.719. The van der Waals surface area contributed by atoms with Crippen LogP contribution in [0.25, 0.3) is 0 Å². The molecule has 13 heavy (non-hydrogen) atoms. The van der Waals surface area contributed by atoms with Crippen molar-refractivity contribution in [2.24, 2.45) is 10.8 Å². The summed E-state index contributed by atoms with van der Waals surface area (Å²) in [6.07, 6.45) is 9.33. The van der Waals surface area contributed by atoms with Gasteiger partial charge in [-0.1, -0.05) is 13.8 Å². The van der Waals surface area contributed by atoms with Crippen molar-refractivity contribution in [2.75, 3.05) is 0 Å². The van der Waals surface area contributed by atoms with Crippen molar-refractivity contribution >= 4 is 11.8 Å². The summed E-state index contributed by atoms with van der Waals surface area (Å²) in [5, 5.41) is 0. The van der Waals surface area contributed by atoms with E-state index in [-0.39, 0.29) is 0 Å². The Hall–Kier alpha value is 0.350. The molecular weight excluding hydrogens is 176 g/mol. The smallest absolute Gasteiger partial charge is 0.0236 e. The van der Waals surface area contributed by atoms with Crippen LogP contribution in [0, 0.1) is 10.8 Å². The summed E-state index contributed by atoms with van der Waals surface area (Å²) in [4.78, 5) is 0. The van der Waals surface area contributed by atoms with Crippen LogP contribution in [0.15, 0.2) is 0 Å². The van der Waals surface area contributed by atoms with E-state index in [1.807, 2.05) is 0 Å². The standard InChI is InChI=1S/C12H18S/c1-9-5-11(6-9,7-9)12-4-3-10(2,8-12)13-12/h3-8H2,1-2H3. The van der Waals surface area contributed by atoms with E-state index in [1.54, 1.807) is 32.1 Å². The maximum Gasteiger partial charge on any atom is 0.0236 e. The Morgan fingerprint density at radius 1 is 0.923 bits per heavy atom. The highest BCUT2D eigenvalue weighted by Gasteiger charge is 2.78. The topological polar surface area (TPSA) is 0 Å². The first-order valence-corrected chi connectivity index (χ1v) is 6.51. The number of thioether (sulfide) groups is 1. The lowest BCUT2D eigenvalue weighted by molar-refractivity contribution is -0.214. The van der Waals surface area contributed by atoms with Crippen molar-refractivity contribution in [3.05, 3.63) is 0 Å². The van der Waals surface area contributed by atoms with Crippen LogP contribution in [0.1, 0.15) is 52.4 Å². The van der Waals surface area contributed by atoms with Gasteiger partial charge < -0.3 is 0 Å². The molecule has 72 valence electrons. The summed E-state index contributed by atoms with van der Waals surface area (Å²) in [5.41, 5.74) is 1.66. The lowest BCUT2D eigenvalue weighted by Gasteiger charge is -2.78. The van der Waals surface area contributed by atoms with E-state index in [1.165, 1.54) is 6.42 Å². The van der Waals surface area contributed by atoms with Gasteiger partial charge in [-0.3, -0.25) is 0 Å². The third kappa shape index (κ3) is 0.616. The highest BCUT2D eigenvalue weighted by Crippen LogP contribution is 2.87. The molecule has 4 aliphatic carbocycles. The zero-order chi connectivity index (χ0) is 8.95. The molecule has 6 aliphatic rings. The molecule has 6 fully saturated rings. The average molecular weight is 194 g/mol. The summed E-state index contributed by atoms with van der Waals surface area (Å²) in [7, 11) is 0. The average Bonchev–Trinajstić information content (AvgIpc) is 2.32. The van der Waals surface area contributed by atoms with Crippen molar-refractivity contribution in [3.63, 3.8) is 0 Å². The van der Waals surface area contributed by atoms with Gasteiger partial charge in [0.2, 0.25) is 0 Å². The predicted octanol–water partition coefficient (Wildman–Crippen LogP) is 3.60. The molecule has 0 spiro atoms. The van der Waals surface area contributed by atoms with Gasteiger partial charge in [0.1, 0.15) is 0 Å². The van der Waals surface area contributed by atoms with E-state index in [9.17, 15) is 0 Å². The number of hydrogen-bond acceptors (Lipinski definition) is 1. The second-order valence-corrected chi connectivity index (χ2v) is 8.82. The summed E-state index contributed by atoms with van der Waals surface area (Å²) >= 11 is 2.36. The molecule has 0 aromatic carbocycles. The molecule has 4 bridgehead atoms. The molecule has 2 saturated heterocycles. The first-order chi connectivity index (χ1) is 5.99. The van der Waals surface area contributed by atoms with Crippen molar-refractivity contribution in [3.8, 4) is 0 Å². The SMILES string of the molecule is CC12CC(C34CCC(C)(C3)S4)(C1)C2. The van der Waals surface area contributed by atoms with Crippen LogP contribution in [0.2, 0.25) is 0 Å². The molecule has 2 aliphatic heterocycles. The summed E-state index contributed by atoms with van der Waals surface area (Å²) in [6, 6.07) is 0. The fourth-order valence-electron chi connectivity index (χ4n) is 5.15. The monoisotopic (exact) mass is 194 g/mol. The lowest BCUT2D eigenvalue weighted by Crippen LogP contribution is -2.71. The van der Waals surface area contributed by atoms with Gasteiger partial charge in [0.25, 0.3) is 0 Å². The third-order valence-corrected chi connectivity index (χ3v) is 7.43. The van der Waals surface area contributed by atoms with Crippen LogP contribution in [0.4, 0.5) is 0 Å². The van der Waals surface area contributed by atoms with Gasteiger partial charge in [0.15, 0.2) is 0 Å². The number of fused-ring (bicyclic) bond motifs is 1. The molecule has 2 atom stereocenters. The predicted molar refractivity (Wildman–Crippen MR) is 57.0 cm³/mol. The van der Waals surface area contributed by atoms with Crippen LogP contribution >= 0.6 is 11.8 Å². The van der Waals surface area contributed by atoms with Crippen LogP contribution in [0.5, 0.6) is 0 Å². The Bertz CT molecular complexity index is 278. The van der Waals surface area contributed by atoms with E-state index in [0.29, 0.717) is 0 Å². The largest absolute Gasteiger partial charge is 0.148 e. The molecular formula is C12H18S. The molecule has 1 heteroatoms. The highest BCUT2D eigenvalue weighted by atomic mass is 32.2. The molecule has 0 amide bonds. The van der Waals surface area contributed by atoms with E-state index in [0.717, 1.165) is 20.3 Å². The summed E-state index contributed by atoms with van der Waals surface area (Å²) < 4.78 is 1.51. The second kappa shape index (κ2) is 1.62. The molecule has 6 rings (SSSR count). The van der Waals surface area contributed by atoms with E-state index in [2.05, 4.69) is 25.6 Å². The van der Waals surface area contributed by atoms with Gasteiger partial charge >= 0.3 is 0 Å². The van der Waals surface area contributed by atoms with Crippen molar-refractivity contribution in [1.82, 2.24) is 0 Å². The fraction of sp³-hybridized carbons (Fsp3) is 1.00. The first kappa shape index (κ1) is 7.62. The molecule has 0 N–H and O–H groups in total. The quantitative estimate of drug-likeness (QED) is 0.614. The highest BCUT2D eigenvalue weighted by molar-refractivity contribution is 8.03. The molecule has 4 saturated carbocycles. The maximum atomic E-state index is 2.49. The van der Waals surface area contributed by atoms with E-state index >= 15 is 0 Å². The second-order valence-electron chi connectivity index (χ2n) is 6.84. The molecule has 0 aromatic rings. The Morgan fingerprint density at radius 3 is 1.92 bits per heavy atom. The van der Waals surface area contributed by atoms with Crippen molar-refractivity contribution in [2.45, 2.75) is 61.9 Å². The zero-order valence-electron chi connectivity index (χ0n) is 8.65. The summed E-state index contributed by atoms with van der Waals surface area (Å²) in [5.74, 6) is 0. The normalized spacial score (nSPS) is 72.5. The Labute approximate surface area is 84.9 Å². The van der Waals surface area contributed by atoms with Gasteiger partial charge in [-0.25, -0.2) is 0 Å². The van der Waals surface area contributed by atoms with E-state index < -0.39 is 0 Å². The Kier molecular flexibility index (Phi) is 0.948. The van der Waals surface area contributed by atoms with Gasteiger partial charge in [-0.2, -0.15) is 0 Å².